The molecular weight excluding hydrogens is 344 g/mol. The van der Waals surface area contributed by atoms with Crippen LogP contribution >= 0.6 is 0 Å². The third-order valence-corrected chi connectivity index (χ3v) is 4.51. The first-order valence-corrected chi connectivity index (χ1v) is 9.26. The summed E-state index contributed by atoms with van der Waals surface area (Å²) in [6.45, 7) is 5.41. The Hall–Kier alpha value is -2.57. The molecule has 0 aromatic heterocycles. The molecule has 2 N–H and O–H groups in total. The molecule has 0 atom stereocenters. The standard InChI is InChI=1S/C21H26N2O4/c24-20-7-2-1-5-18(20)15-21(25)22-16-17-4-3-6-19(14-17)27-13-10-23-8-11-26-12-9-23/h1-7,14,24H,8-13,15-16H2,(H,22,25). The van der Waals surface area contributed by atoms with Crippen LogP contribution < -0.4 is 10.1 Å². The van der Waals surface area contributed by atoms with E-state index < -0.39 is 0 Å². The number of benzene rings is 2. The molecule has 1 heterocycles. The number of para-hydroxylation sites is 1. The minimum Gasteiger partial charge on any atom is -0.508 e. The van der Waals surface area contributed by atoms with Crippen molar-refractivity contribution in [3.05, 3.63) is 59.7 Å². The van der Waals surface area contributed by atoms with Gasteiger partial charge in [0.2, 0.25) is 5.91 Å². The van der Waals surface area contributed by atoms with Gasteiger partial charge in [-0.25, -0.2) is 0 Å². The van der Waals surface area contributed by atoms with Crippen LogP contribution in [0.3, 0.4) is 0 Å². The van der Waals surface area contributed by atoms with Gasteiger partial charge in [0.15, 0.2) is 0 Å². The molecule has 27 heavy (non-hydrogen) atoms. The Morgan fingerprint density at radius 2 is 1.96 bits per heavy atom. The number of hydrogen-bond acceptors (Lipinski definition) is 5. The normalized spacial score (nSPS) is 14.7. The Labute approximate surface area is 159 Å². The topological polar surface area (TPSA) is 71.0 Å². The molecule has 144 valence electrons. The van der Waals surface area contributed by atoms with Crippen molar-refractivity contribution in [3.8, 4) is 11.5 Å². The molecule has 0 aliphatic carbocycles. The van der Waals surface area contributed by atoms with E-state index >= 15 is 0 Å². The second kappa shape index (κ2) is 9.94. The zero-order valence-electron chi connectivity index (χ0n) is 15.4. The predicted molar refractivity (Wildman–Crippen MR) is 103 cm³/mol. The fourth-order valence-electron chi connectivity index (χ4n) is 2.96. The number of ether oxygens (including phenoxy) is 2. The molecule has 1 amide bonds. The van der Waals surface area contributed by atoms with E-state index in [1.165, 1.54) is 0 Å². The van der Waals surface area contributed by atoms with Crippen molar-refractivity contribution >= 4 is 5.91 Å². The first kappa shape index (κ1) is 19.2. The van der Waals surface area contributed by atoms with Crippen molar-refractivity contribution in [2.45, 2.75) is 13.0 Å². The number of hydrogen-bond donors (Lipinski definition) is 2. The smallest absolute Gasteiger partial charge is 0.224 e. The quantitative estimate of drug-likeness (QED) is 0.743. The molecule has 6 heteroatoms. The van der Waals surface area contributed by atoms with Gasteiger partial charge in [0.05, 0.1) is 19.6 Å². The number of amides is 1. The largest absolute Gasteiger partial charge is 0.508 e. The van der Waals surface area contributed by atoms with E-state index in [9.17, 15) is 9.90 Å². The average molecular weight is 370 g/mol. The summed E-state index contributed by atoms with van der Waals surface area (Å²) in [5, 5.41) is 12.6. The molecular formula is C21H26N2O4. The van der Waals surface area contributed by atoms with Crippen molar-refractivity contribution < 1.29 is 19.4 Å². The highest BCUT2D eigenvalue weighted by Crippen LogP contribution is 2.16. The predicted octanol–water partition coefficient (Wildman–Crippen LogP) is 1.96. The molecule has 1 aliphatic rings. The van der Waals surface area contributed by atoms with Gasteiger partial charge in [0.1, 0.15) is 18.1 Å². The molecule has 2 aromatic carbocycles. The van der Waals surface area contributed by atoms with Crippen molar-refractivity contribution in [2.75, 3.05) is 39.5 Å². The van der Waals surface area contributed by atoms with Crippen LogP contribution in [0.4, 0.5) is 0 Å². The van der Waals surface area contributed by atoms with Crippen LogP contribution in [0.5, 0.6) is 11.5 Å². The lowest BCUT2D eigenvalue weighted by molar-refractivity contribution is -0.120. The Morgan fingerprint density at radius 1 is 1.15 bits per heavy atom. The molecule has 0 unspecified atom stereocenters. The van der Waals surface area contributed by atoms with Crippen LogP contribution in [0.15, 0.2) is 48.5 Å². The van der Waals surface area contributed by atoms with Crippen molar-refractivity contribution in [2.24, 2.45) is 0 Å². The van der Waals surface area contributed by atoms with Gasteiger partial charge < -0.3 is 19.9 Å². The summed E-state index contributed by atoms with van der Waals surface area (Å²) >= 11 is 0. The molecule has 1 fully saturated rings. The first-order valence-electron chi connectivity index (χ1n) is 9.26. The van der Waals surface area contributed by atoms with E-state index in [0.29, 0.717) is 18.7 Å². The van der Waals surface area contributed by atoms with Gasteiger partial charge in [-0.2, -0.15) is 0 Å². The Balaban J connectivity index is 1.43. The molecule has 3 rings (SSSR count). The average Bonchev–Trinajstić information content (AvgIpc) is 2.69. The van der Waals surface area contributed by atoms with Crippen LogP contribution in [0, 0.1) is 0 Å². The number of nitrogens with zero attached hydrogens (tertiary/aromatic N) is 1. The molecule has 1 aliphatic heterocycles. The van der Waals surface area contributed by atoms with Crippen LogP contribution in [-0.4, -0.2) is 55.4 Å². The van der Waals surface area contributed by atoms with Gasteiger partial charge in [-0.15, -0.1) is 0 Å². The summed E-state index contributed by atoms with van der Waals surface area (Å²) in [4.78, 5) is 14.4. The van der Waals surface area contributed by atoms with E-state index in [0.717, 1.165) is 44.2 Å². The summed E-state index contributed by atoms with van der Waals surface area (Å²) in [5.41, 5.74) is 1.60. The van der Waals surface area contributed by atoms with Gasteiger partial charge >= 0.3 is 0 Å². The highest BCUT2D eigenvalue weighted by atomic mass is 16.5. The maximum atomic E-state index is 12.1. The van der Waals surface area contributed by atoms with Crippen LogP contribution in [0.2, 0.25) is 0 Å². The number of carbonyl (C=O) groups excluding carboxylic acids is 1. The fraction of sp³-hybridized carbons (Fsp3) is 0.381. The molecule has 0 saturated carbocycles. The molecule has 6 nitrogen and oxygen atoms in total. The third kappa shape index (κ3) is 6.27. The number of carbonyl (C=O) groups is 1. The van der Waals surface area contributed by atoms with Crippen molar-refractivity contribution in [1.82, 2.24) is 10.2 Å². The van der Waals surface area contributed by atoms with E-state index in [1.54, 1.807) is 24.3 Å². The Kier molecular flexibility index (Phi) is 7.07. The number of morpholine rings is 1. The summed E-state index contributed by atoms with van der Waals surface area (Å²) < 4.78 is 11.2. The Bertz CT molecular complexity index is 744. The van der Waals surface area contributed by atoms with Gasteiger partial charge in [-0.1, -0.05) is 30.3 Å². The lowest BCUT2D eigenvalue weighted by atomic mass is 10.1. The number of phenolic OH excluding ortho intramolecular Hbond substituents is 1. The van der Waals surface area contributed by atoms with E-state index in [-0.39, 0.29) is 18.1 Å². The van der Waals surface area contributed by atoms with Gasteiger partial charge in [0.25, 0.3) is 0 Å². The van der Waals surface area contributed by atoms with Crippen LogP contribution in [0.25, 0.3) is 0 Å². The van der Waals surface area contributed by atoms with E-state index in [1.807, 2.05) is 24.3 Å². The minimum absolute atomic E-state index is 0.130. The second-order valence-corrected chi connectivity index (χ2v) is 6.53. The van der Waals surface area contributed by atoms with Gasteiger partial charge in [-0.05, 0) is 23.8 Å². The second-order valence-electron chi connectivity index (χ2n) is 6.53. The van der Waals surface area contributed by atoms with Crippen molar-refractivity contribution in [3.63, 3.8) is 0 Å². The van der Waals surface area contributed by atoms with Crippen molar-refractivity contribution in [1.29, 1.82) is 0 Å². The zero-order valence-corrected chi connectivity index (χ0v) is 15.4. The molecule has 1 saturated heterocycles. The number of nitrogens with one attached hydrogen (secondary N) is 1. The highest BCUT2D eigenvalue weighted by molar-refractivity contribution is 5.79. The molecule has 2 aromatic rings. The Morgan fingerprint density at radius 3 is 2.78 bits per heavy atom. The molecule has 0 spiro atoms. The molecule has 0 bridgehead atoms. The highest BCUT2D eigenvalue weighted by Gasteiger charge is 2.10. The van der Waals surface area contributed by atoms with Gasteiger partial charge in [0, 0.05) is 31.7 Å². The summed E-state index contributed by atoms with van der Waals surface area (Å²) in [6.07, 6.45) is 0.155. The van der Waals surface area contributed by atoms with E-state index in [2.05, 4.69) is 10.2 Å². The number of rotatable bonds is 8. The van der Waals surface area contributed by atoms with Crippen LogP contribution in [0.1, 0.15) is 11.1 Å². The molecule has 0 radical (unpaired) electrons. The van der Waals surface area contributed by atoms with Crippen LogP contribution in [-0.2, 0) is 22.5 Å². The number of aromatic hydroxyl groups is 1. The van der Waals surface area contributed by atoms with Gasteiger partial charge in [-0.3, -0.25) is 9.69 Å². The SMILES string of the molecule is O=C(Cc1ccccc1O)NCc1cccc(OCCN2CCOCC2)c1. The maximum Gasteiger partial charge on any atom is 0.224 e. The fourth-order valence-corrected chi connectivity index (χ4v) is 2.96. The minimum atomic E-state index is -0.130. The first-order chi connectivity index (χ1) is 13.2. The number of phenols is 1. The van der Waals surface area contributed by atoms with E-state index in [4.69, 9.17) is 9.47 Å². The third-order valence-electron chi connectivity index (χ3n) is 4.51. The maximum absolute atomic E-state index is 12.1. The summed E-state index contributed by atoms with van der Waals surface area (Å²) in [6, 6.07) is 14.6. The lowest BCUT2D eigenvalue weighted by Crippen LogP contribution is -2.38. The summed E-state index contributed by atoms with van der Waals surface area (Å²) in [5.74, 6) is 0.814. The summed E-state index contributed by atoms with van der Waals surface area (Å²) in [7, 11) is 0. The lowest BCUT2D eigenvalue weighted by Gasteiger charge is -2.26. The zero-order chi connectivity index (χ0) is 18.9. The monoisotopic (exact) mass is 370 g/mol.